The summed E-state index contributed by atoms with van der Waals surface area (Å²) in [5.41, 5.74) is 12.2. The Morgan fingerprint density at radius 3 is 1.10 bits per heavy atom. The van der Waals surface area contributed by atoms with Crippen LogP contribution in [-0.2, 0) is 9.98 Å². The standard InChI is InChI=1S/C63H50N3OP/c67-68(57-23-10-3-11-24-57,58-25-12-4-13-26-58)59-41-35-50(36-42-59)49-31-37-55(38-32-49)63(43-14-5-15-44-63)56-39-33-52(34-40-56)61-64-60(51-29-27-48(28-30-51)46-17-6-1-7-18-46)65-62(66-61)54-22-16-21-53(45-54)47-19-8-2-9-20-47/h1-4,6-13,16-42,45H,5,14-15,43-44H2. The van der Waals surface area contributed by atoms with E-state index in [2.05, 4.69) is 170 Å². The van der Waals surface area contributed by atoms with Gasteiger partial charge in [0.1, 0.15) is 0 Å². The summed E-state index contributed by atoms with van der Waals surface area (Å²) in [6.07, 6.45) is 5.78. The van der Waals surface area contributed by atoms with Crippen molar-refractivity contribution in [2.45, 2.75) is 37.5 Å². The van der Waals surface area contributed by atoms with E-state index in [1.54, 1.807) is 0 Å². The minimum atomic E-state index is -3.05. The van der Waals surface area contributed by atoms with Crippen LogP contribution < -0.4 is 15.9 Å². The molecular weight excluding hydrogens is 846 g/mol. The van der Waals surface area contributed by atoms with Gasteiger partial charge in [-0.2, -0.15) is 0 Å². The Morgan fingerprint density at radius 1 is 0.294 bits per heavy atom. The zero-order valence-electron chi connectivity index (χ0n) is 37.8. The van der Waals surface area contributed by atoms with Crippen LogP contribution in [0.15, 0.2) is 243 Å². The molecule has 1 aliphatic carbocycles. The third kappa shape index (κ3) is 8.45. The van der Waals surface area contributed by atoms with Gasteiger partial charge in [-0.3, -0.25) is 0 Å². The van der Waals surface area contributed by atoms with E-state index in [1.807, 2.05) is 72.8 Å². The highest BCUT2D eigenvalue weighted by atomic mass is 31.2. The predicted octanol–water partition coefficient (Wildman–Crippen LogP) is 14.8. The van der Waals surface area contributed by atoms with E-state index in [0.717, 1.165) is 73.3 Å². The van der Waals surface area contributed by atoms with Crippen molar-refractivity contribution >= 4 is 23.1 Å². The van der Waals surface area contributed by atoms with Crippen molar-refractivity contribution in [1.82, 2.24) is 15.0 Å². The molecule has 4 nitrogen and oxygen atoms in total. The normalized spacial score (nSPS) is 13.5. The SMILES string of the molecule is O=P(c1ccccc1)(c1ccccc1)c1ccc(-c2ccc(C3(c4ccc(-c5nc(-c6ccc(-c7ccccc7)cc6)nc(-c6cccc(-c7ccccc7)c6)n5)cc4)CCCCC3)cc2)cc1. The Hall–Kier alpha value is -7.78. The van der Waals surface area contributed by atoms with Crippen LogP contribution in [0.4, 0.5) is 0 Å². The molecule has 11 rings (SSSR count). The lowest BCUT2D eigenvalue weighted by Gasteiger charge is -2.39. The molecule has 1 heterocycles. The number of hydrogen-bond acceptors (Lipinski definition) is 4. The van der Waals surface area contributed by atoms with E-state index in [4.69, 9.17) is 15.0 Å². The van der Waals surface area contributed by atoms with E-state index >= 15 is 4.57 Å². The summed E-state index contributed by atoms with van der Waals surface area (Å²) in [7, 11) is -3.05. The highest BCUT2D eigenvalue weighted by Crippen LogP contribution is 2.46. The van der Waals surface area contributed by atoms with Gasteiger partial charge in [0.25, 0.3) is 0 Å². The van der Waals surface area contributed by atoms with Crippen LogP contribution in [0.25, 0.3) is 67.5 Å². The maximum atomic E-state index is 15.0. The highest BCUT2D eigenvalue weighted by molar-refractivity contribution is 7.85. The minimum absolute atomic E-state index is 0.106. The van der Waals surface area contributed by atoms with Gasteiger partial charge in [-0.05, 0) is 63.4 Å². The van der Waals surface area contributed by atoms with Gasteiger partial charge in [0.2, 0.25) is 0 Å². The van der Waals surface area contributed by atoms with Gasteiger partial charge in [-0.1, -0.05) is 256 Å². The van der Waals surface area contributed by atoms with Crippen LogP contribution in [0.5, 0.6) is 0 Å². The first-order valence-corrected chi connectivity index (χ1v) is 25.4. The molecule has 10 aromatic rings. The molecule has 1 aromatic heterocycles. The van der Waals surface area contributed by atoms with Crippen LogP contribution in [0.3, 0.4) is 0 Å². The largest absolute Gasteiger partial charge is 0.309 e. The second-order valence-corrected chi connectivity index (χ2v) is 20.6. The summed E-state index contributed by atoms with van der Waals surface area (Å²) < 4.78 is 15.0. The number of benzene rings is 9. The quantitative estimate of drug-likeness (QED) is 0.121. The monoisotopic (exact) mass is 895 g/mol. The molecule has 0 bridgehead atoms. The first-order valence-electron chi connectivity index (χ1n) is 23.7. The zero-order valence-corrected chi connectivity index (χ0v) is 38.7. The molecule has 68 heavy (non-hydrogen) atoms. The second-order valence-electron chi connectivity index (χ2n) is 17.8. The third-order valence-electron chi connectivity index (χ3n) is 13.8. The molecule has 0 amide bonds. The average Bonchev–Trinajstić information content (AvgIpc) is 3.44. The predicted molar refractivity (Wildman–Crippen MR) is 282 cm³/mol. The summed E-state index contributed by atoms with van der Waals surface area (Å²) in [5.74, 6) is 1.92. The fourth-order valence-electron chi connectivity index (χ4n) is 10.1. The number of aromatic nitrogens is 3. The molecule has 1 fully saturated rings. The molecule has 1 aliphatic rings. The molecule has 0 atom stereocenters. The van der Waals surface area contributed by atoms with Crippen LogP contribution in [0, 0.1) is 0 Å². The van der Waals surface area contributed by atoms with E-state index in [-0.39, 0.29) is 5.41 Å². The fraction of sp³-hybridized carbons (Fsp3) is 0.0952. The average molecular weight is 896 g/mol. The smallest absolute Gasteiger partial charge is 0.171 e. The highest BCUT2D eigenvalue weighted by Gasteiger charge is 2.36. The van der Waals surface area contributed by atoms with Gasteiger partial charge in [0.15, 0.2) is 24.6 Å². The van der Waals surface area contributed by atoms with Crippen LogP contribution >= 0.6 is 7.14 Å². The van der Waals surface area contributed by atoms with E-state index < -0.39 is 7.14 Å². The topological polar surface area (TPSA) is 55.7 Å². The Labute approximate surface area is 399 Å². The molecule has 9 aromatic carbocycles. The lowest BCUT2D eigenvalue weighted by Crippen LogP contribution is -2.30. The van der Waals surface area contributed by atoms with Crippen molar-refractivity contribution < 1.29 is 4.57 Å². The second kappa shape index (κ2) is 18.8. The van der Waals surface area contributed by atoms with Gasteiger partial charge in [0, 0.05) is 38.0 Å². The van der Waals surface area contributed by atoms with Crippen molar-refractivity contribution in [1.29, 1.82) is 0 Å². The molecule has 0 radical (unpaired) electrons. The van der Waals surface area contributed by atoms with Crippen molar-refractivity contribution in [3.05, 3.63) is 254 Å². The van der Waals surface area contributed by atoms with Crippen LogP contribution in [0.1, 0.15) is 43.2 Å². The maximum absolute atomic E-state index is 15.0. The molecule has 1 saturated carbocycles. The minimum Gasteiger partial charge on any atom is -0.309 e. The van der Waals surface area contributed by atoms with Crippen LogP contribution in [0.2, 0.25) is 0 Å². The molecular formula is C63H50N3OP. The van der Waals surface area contributed by atoms with Crippen molar-refractivity contribution in [3.63, 3.8) is 0 Å². The Bertz CT molecular complexity index is 3290. The summed E-state index contributed by atoms with van der Waals surface area (Å²) >= 11 is 0. The zero-order chi connectivity index (χ0) is 45.8. The van der Waals surface area contributed by atoms with Gasteiger partial charge in [-0.25, -0.2) is 15.0 Å². The molecule has 328 valence electrons. The maximum Gasteiger partial charge on any atom is 0.171 e. The number of rotatable bonds is 11. The molecule has 0 spiro atoms. The summed E-state index contributed by atoms with van der Waals surface area (Å²) in [5, 5.41) is 2.51. The fourth-order valence-corrected chi connectivity index (χ4v) is 12.7. The number of hydrogen-bond donors (Lipinski definition) is 0. The van der Waals surface area contributed by atoms with Gasteiger partial charge < -0.3 is 4.57 Å². The third-order valence-corrected chi connectivity index (χ3v) is 16.8. The van der Waals surface area contributed by atoms with Crippen LogP contribution in [-0.4, -0.2) is 15.0 Å². The molecule has 0 saturated heterocycles. The van der Waals surface area contributed by atoms with E-state index in [0.29, 0.717) is 17.5 Å². The molecule has 0 aliphatic heterocycles. The van der Waals surface area contributed by atoms with Crippen molar-refractivity contribution in [3.8, 4) is 67.5 Å². The van der Waals surface area contributed by atoms with E-state index in [9.17, 15) is 0 Å². The molecule has 0 N–H and O–H groups in total. The Balaban J connectivity index is 0.912. The molecule has 5 heteroatoms. The van der Waals surface area contributed by atoms with Crippen molar-refractivity contribution in [2.24, 2.45) is 0 Å². The lowest BCUT2D eigenvalue weighted by atomic mass is 9.65. The summed E-state index contributed by atoms with van der Waals surface area (Å²) in [4.78, 5) is 15.4. The Morgan fingerprint density at radius 2 is 0.618 bits per heavy atom. The molecule has 0 unspecified atom stereocenters. The van der Waals surface area contributed by atoms with Gasteiger partial charge >= 0.3 is 0 Å². The number of nitrogens with zero attached hydrogens (tertiary/aromatic N) is 3. The van der Waals surface area contributed by atoms with E-state index in [1.165, 1.54) is 36.0 Å². The van der Waals surface area contributed by atoms with Gasteiger partial charge in [-0.15, -0.1) is 0 Å². The van der Waals surface area contributed by atoms with Crippen molar-refractivity contribution in [2.75, 3.05) is 0 Å². The Kier molecular flexibility index (Phi) is 11.9. The summed E-state index contributed by atoms with van der Waals surface area (Å²) in [6, 6.07) is 84.1. The van der Waals surface area contributed by atoms with Gasteiger partial charge in [0.05, 0.1) is 0 Å². The first kappa shape index (κ1) is 42.8. The lowest BCUT2D eigenvalue weighted by molar-refractivity contribution is 0.346. The summed E-state index contributed by atoms with van der Waals surface area (Å²) in [6.45, 7) is 0. The first-order chi connectivity index (χ1) is 33.5.